The van der Waals surface area contributed by atoms with Gasteiger partial charge in [-0.25, -0.2) is 9.97 Å². The Hall–Kier alpha value is -1.20. The maximum absolute atomic E-state index is 4.31. The highest BCUT2D eigenvalue weighted by molar-refractivity contribution is 7.18. The van der Waals surface area contributed by atoms with Crippen molar-refractivity contribution < 1.29 is 0 Å². The van der Waals surface area contributed by atoms with Crippen molar-refractivity contribution in [3.63, 3.8) is 0 Å². The van der Waals surface area contributed by atoms with E-state index in [-0.39, 0.29) is 0 Å². The van der Waals surface area contributed by atoms with Crippen LogP contribution in [0.3, 0.4) is 0 Å². The summed E-state index contributed by atoms with van der Waals surface area (Å²) in [6, 6.07) is 0. The zero-order chi connectivity index (χ0) is 12.3. The Balaban J connectivity index is 2.03. The van der Waals surface area contributed by atoms with Crippen LogP contribution in [0.2, 0.25) is 0 Å². The van der Waals surface area contributed by atoms with Gasteiger partial charge in [0.15, 0.2) is 0 Å². The van der Waals surface area contributed by atoms with E-state index in [1.54, 1.807) is 17.7 Å². The van der Waals surface area contributed by atoms with Crippen molar-refractivity contribution in [2.45, 2.75) is 13.3 Å². The van der Waals surface area contributed by atoms with E-state index in [9.17, 15) is 0 Å². The summed E-state index contributed by atoms with van der Waals surface area (Å²) in [6.45, 7) is 4.12. The maximum Gasteiger partial charge on any atom is 0.147 e. The predicted molar refractivity (Wildman–Crippen MR) is 73.8 cm³/mol. The molecule has 17 heavy (non-hydrogen) atoms. The number of hydrogen-bond donors (Lipinski definition) is 1. The van der Waals surface area contributed by atoms with Gasteiger partial charge in [-0.2, -0.15) is 0 Å². The molecular weight excluding hydrogens is 232 g/mol. The second-order valence-corrected chi connectivity index (χ2v) is 5.28. The Morgan fingerprint density at radius 1 is 1.35 bits per heavy atom. The van der Waals surface area contributed by atoms with Gasteiger partial charge in [0.05, 0.1) is 10.2 Å². The normalized spacial score (nSPS) is 11.3. The van der Waals surface area contributed by atoms with Gasteiger partial charge in [0, 0.05) is 6.54 Å². The molecule has 0 aliphatic rings. The molecule has 0 aliphatic heterocycles. The molecular formula is C12H18N4S. The van der Waals surface area contributed by atoms with Crippen LogP contribution in [-0.2, 0) is 0 Å². The first-order valence-electron chi connectivity index (χ1n) is 5.76. The van der Waals surface area contributed by atoms with Crippen LogP contribution in [0.25, 0.3) is 10.2 Å². The number of thiophene rings is 1. The van der Waals surface area contributed by atoms with Crippen molar-refractivity contribution in [1.29, 1.82) is 0 Å². The number of hydrogen-bond acceptors (Lipinski definition) is 5. The van der Waals surface area contributed by atoms with Gasteiger partial charge < -0.3 is 10.2 Å². The Kier molecular flexibility index (Phi) is 3.91. The number of fused-ring (bicyclic) bond motifs is 1. The molecule has 0 bridgehead atoms. The van der Waals surface area contributed by atoms with E-state index in [0.29, 0.717) is 0 Å². The highest BCUT2D eigenvalue weighted by Gasteiger charge is 2.07. The summed E-state index contributed by atoms with van der Waals surface area (Å²) in [4.78, 5) is 10.8. The Morgan fingerprint density at radius 3 is 2.94 bits per heavy atom. The Morgan fingerprint density at radius 2 is 2.18 bits per heavy atom. The molecule has 0 unspecified atom stereocenters. The van der Waals surface area contributed by atoms with Crippen molar-refractivity contribution in [3.05, 3.63) is 17.3 Å². The molecule has 0 atom stereocenters. The molecule has 0 amide bonds. The van der Waals surface area contributed by atoms with Crippen LogP contribution in [-0.4, -0.2) is 42.1 Å². The van der Waals surface area contributed by atoms with Crippen molar-refractivity contribution in [3.8, 4) is 0 Å². The average Bonchev–Trinajstić information content (AvgIpc) is 2.67. The lowest BCUT2D eigenvalue weighted by Crippen LogP contribution is -2.16. The van der Waals surface area contributed by atoms with Gasteiger partial charge in [-0.05, 0) is 44.9 Å². The smallest absolute Gasteiger partial charge is 0.147 e. The lowest BCUT2D eigenvalue weighted by molar-refractivity contribution is 0.405. The highest BCUT2D eigenvalue weighted by Crippen LogP contribution is 2.28. The average molecular weight is 250 g/mol. The van der Waals surface area contributed by atoms with Gasteiger partial charge in [0.2, 0.25) is 0 Å². The SMILES string of the molecule is Cc1csc2c(NCCCN(C)C)ncnc12. The summed E-state index contributed by atoms with van der Waals surface area (Å²) in [6.07, 6.45) is 2.75. The Bertz CT molecular complexity index is 492. The van der Waals surface area contributed by atoms with E-state index in [2.05, 4.69) is 46.6 Å². The summed E-state index contributed by atoms with van der Waals surface area (Å²) in [5.41, 5.74) is 2.30. The van der Waals surface area contributed by atoms with E-state index in [1.165, 1.54) is 5.56 Å². The maximum atomic E-state index is 4.31. The number of nitrogens with zero attached hydrogens (tertiary/aromatic N) is 3. The van der Waals surface area contributed by atoms with E-state index < -0.39 is 0 Å². The zero-order valence-electron chi connectivity index (χ0n) is 10.5. The third kappa shape index (κ3) is 2.92. The molecule has 4 nitrogen and oxygen atoms in total. The van der Waals surface area contributed by atoms with Gasteiger partial charge in [-0.3, -0.25) is 0 Å². The van der Waals surface area contributed by atoms with Gasteiger partial charge in [0.25, 0.3) is 0 Å². The molecule has 2 aromatic heterocycles. The number of aromatic nitrogens is 2. The van der Waals surface area contributed by atoms with Crippen LogP contribution in [0.4, 0.5) is 5.82 Å². The Labute approximate surface area is 106 Å². The number of aryl methyl sites for hydroxylation is 1. The molecule has 0 spiro atoms. The summed E-state index contributed by atoms with van der Waals surface area (Å²) in [5.74, 6) is 0.965. The lowest BCUT2D eigenvalue weighted by Gasteiger charge is -2.10. The molecule has 2 heterocycles. The van der Waals surface area contributed by atoms with Crippen LogP contribution in [0, 0.1) is 6.92 Å². The van der Waals surface area contributed by atoms with Crippen molar-refractivity contribution in [2.24, 2.45) is 0 Å². The first kappa shape index (κ1) is 12.3. The molecule has 0 saturated heterocycles. The van der Waals surface area contributed by atoms with Gasteiger partial charge in [0.1, 0.15) is 12.1 Å². The second-order valence-electron chi connectivity index (χ2n) is 4.40. The van der Waals surface area contributed by atoms with Crippen molar-refractivity contribution in [2.75, 3.05) is 32.5 Å². The van der Waals surface area contributed by atoms with Gasteiger partial charge in [-0.15, -0.1) is 11.3 Å². The number of nitrogens with one attached hydrogen (secondary N) is 1. The molecule has 5 heteroatoms. The highest BCUT2D eigenvalue weighted by atomic mass is 32.1. The van der Waals surface area contributed by atoms with Crippen molar-refractivity contribution in [1.82, 2.24) is 14.9 Å². The van der Waals surface area contributed by atoms with Crippen molar-refractivity contribution >= 4 is 27.4 Å². The molecule has 1 N–H and O–H groups in total. The van der Waals surface area contributed by atoms with E-state index in [4.69, 9.17) is 0 Å². The standard InChI is InChI=1S/C12H18N4S/c1-9-7-17-11-10(9)14-8-15-12(11)13-5-4-6-16(2)3/h7-8H,4-6H2,1-3H3,(H,13,14,15). The summed E-state index contributed by atoms with van der Waals surface area (Å²) >= 11 is 1.71. The number of anilines is 1. The summed E-state index contributed by atoms with van der Waals surface area (Å²) < 4.78 is 1.16. The van der Waals surface area contributed by atoms with E-state index >= 15 is 0 Å². The largest absolute Gasteiger partial charge is 0.369 e. The second kappa shape index (κ2) is 5.42. The third-order valence-electron chi connectivity index (χ3n) is 2.61. The first-order valence-corrected chi connectivity index (χ1v) is 6.64. The topological polar surface area (TPSA) is 41.0 Å². The minimum atomic E-state index is 0.946. The summed E-state index contributed by atoms with van der Waals surface area (Å²) in [5, 5.41) is 5.52. The number of rotatable bonds is 5. The third-order valence-corrected chi connectivity index (χ3v) is 3.70. The minimum absolute atomic E-state index is 0.946. The zero-order valence-corrected chi connectivity index (χ0v) is 11.3. The molecule has 0 radical (unpaired) electrons. The van der Waals surface area contributed by atoms with Crippen LogP contribution in [0.15, 0.2) is 11.7 Å². The molecule has 2 aromatic rings. The quantitative estimate of drug-likeness (QED) is 0.827. The summed E-state index contributed by atoms with van der Waals surface area (Å²) in [7, 11) is 4.18. The van der Waals surface area contributed by atoms with E-state index in [0.717, 1.165) is 35.5 Å². The molecule has 0 aliphatic carbocycles. The monoisotopic (exact) mass is 250 g/mol. The minimum Gasteiger partial charge on any atom is -0.369 e. The fourth-order valence-corrected chi connectivity index (χ4v) is 2.67. The molecule has 0 aromatic carbocycles. The molecule has 92 valence electrons. The molecule has 2 rings (SSSR count). The molecule has 0 fully saturated rings. The first-order chi connectivity index (χ1) is 8.18. The lowest BCUT2D eigenvalue weighted by atomic mass is 10.3. The van der Waals surface area contributed by atoms with Gasteiger partial charge in [-0.1, -0.05) is 0 Å². The molecule has 0 saturated carbocycles. The van der Waals surface area contributed by atoms with Crippen LogP contribution >= 0.6 is 11.3 Å². The van der Waals surface area contributed by atoms with E-state index in [1.807, 2.05) is 0 Å². The predicted octanol–water partition coefficient (Wildman–Crippen LogP) is 2.36. The van der Waals surface area contributed by atoms with Gasteiger partial charge >= 0.3 is 0 Å². The fourth-order valence-electron chi connectivity index (χ4n) is 1.70. The van der Waals surface area contributed by atoms with Crippen LogP contribution in [0.5, 0.6) is 0 Å². The fraction of sp³-hybridized carbons (Fsp3) is 0.500. The van der Waals surface area contributed by atoms with Crippen LogP contribution < -0.4 is 5.32 Å². The van der Waals surface area contributed by atoms with Crippen LogP contribution in [0.1, 0.15) is 12.0 Å².